The number of oxime groups is 1. The van der Waals surface area contributed by atoms with Crippen molar-refractivity contribution in [3.8, 4) is 0 Å². The minimum atomic E-state index is -0.642. The van der Waals surface area contributed by atoms with E-state index >= 15 is 0 Å². The summed E-state index contributed by atoms with van der Waals surface area (Å²) >= 11 is 0. The summed E-state index contributed by atoms with van der Waals surface area (Å²) in [6, 6.07) is 3.92. The number of amides is 1. The molecule has 2 rings (SSSR count). The second-order valence-electron chi connectivity index (χ2n) is 4.23. The molecule has 102 valence electrons. The minimum Gasteiger partial charge on any atom is -0.409 e. The first kappa shape index (κ1) is 13.3. The number of amidine groups is 1. The fourth-order valence-electron chi connectivity index (χ4n) is 1.81. The highest BCUT2D eigenvalue weighted by Gasteiger charge is 2.24. The van der Waals surface area contributed by atoms with E-state index in [-0.39, 0.29) is 28.9 Å². The van der Waals surface area contributed by atoms with Crippen molar-refractivity contribution in [3.05, 3.63) is 29.6 Å². The lowest BCUT2D eigenvalue weighted by molar-refractivity contribution is -0.119. The van der Waals surface area contributed by atoms with Gasteiger partial charge in [0.05, 0.1) is 18.2 Å². The Morgan fingerprint density at radius 2 is 2.37 bits per heavy atom. The van der Waals surface area contributed by atoms with E-state index in [2.05, 4.69) is 10.5 Å². The molecule has 7 heteroatoms. The summed E-state index contributed by atoms with van der Waals surface area (Å²) in [6.45, 7) is 0.901. The van der Waals surface area contributed by atoms with E-state index in [0.717, 1.165) is 6.07 Å². The van der Waals surface area contributed by atoms with Gasteiger partial charge in [0.25, 0.3) is 0 Å². The fourth-order valence-corrected chi connectivity index (χ4v) is 1.81. The van der Waals surface area contributed by atoms with Crippen LogP contribution in [0.3, 0.4) is 0 Å². The van der Waals surface area contributed by atoms with Crippen molar-refractivity contribution >= 4 is 17.4 Å². The smallest absolute Gasteiger partial charge is 0.229 e. The van der Waals surface area contributed by atoms with Crippen LogP contribution >= 0.6 is 0 Å². The van der Waals surface area contributed by atoms with E-state index in [9.17, 15) is 9.18 Å². The van der Waals surface area contributed by atoms with Gasteiger partial charge in [0.15, 0.2) is 5.84 Å². The molecule has 1 aromatic rings. The lowest BCUT2D eigenvalue weighted by Gasteiger charge is -2.10. The van der Waals surface area contributed by atoms with Gasteiger partial charge < -0.3 is 21.0 Å². The Bertz CT molecular complexity index is 513. The molecule has 1 aliphatic rings. The van der Waals surface area contributed by atoms with E-state index in [1.54, 1.807) is 0 Å². The third kappa shape index (κ3) is 3.00. The number of nitrogens with two attached hydrogens (primary N) is 1. The highest BCUT2D eigenvalue weighted by atomic mass is 19.1. The molecule has 1 unspecified atom stereocenters. The Morgan fingerprint density at radius 1 is 1.58 bits per heavy atom. The Kier molecular flexibility index (Phi) is 3.96. The van der Waals surface area contributed by atoms with Crippen LogP contribution in [0.1, 0.15) is 12.0 Å². The van der Waals surface area contributed by atoms with E-state index in [1.165, 1.54) is 12.1 Å². The molecule has 0 aliphatic carbocycles. The van der Waals surface area contributed by atoms with Gasteiger partial charge in [-0.05, 0) is 24.6 Å². The number of ether oxygens (including phenoxy) is 1. The predicted molar refractivity (Wildman–Crippen MR) is 66.5 cm³/mol. The SMILES string of the molecule is N/C(=N/O)c1ccc(NC(=O)C2CCOC2)c(F)c1. The quantitative estimate of drug-likeness (QED) is 0.328. The average Bonchev–Trinajstić information content (AvgIpc) is 2.94. The number of rotatable bonds is 3. The van der Waals surface area contributed by atoms with Crippen LogP contribution < -0.4 is 11.1 Å². The molecular formula is C12H14FN3O3. The summed E-state index contributed by atoms with van der Waals surface area (Å²) in [4.78, 5) is 11.8. The van der Waals surface area contributed by atoms with Crippen LogP contribution in [-0.2, 0) is 9.53 Å². The Morgan fingerprint density at radius 3 is 2.95 bits per heavy atom. The fraction of sp³-hybridized carbons (Fsp3) is 0.333. The predicted octanol–water partition coefficient (Wildman–Crippen LogP) is 0.895. The number of hydrogen-bond donors (Lipinski definition) is 3. The second-order valence-corrected chi connectivity index (χ2v) is 4.23. The molecule has 0 aromatic heterocycles. The van der Waals surface area contributed by atoms with Crippen LogP contribution in [0.25, 0.3) is 0 Å². The summed E-state index contributed by atoms with van der Waals surface area (Å²) in [7, 11) is 0. The molecule has 6 nitrogen and oxygen atoms in total. The van der Waals surface area contributed by atoms with Crippen LogP contribution in [0, 0.1) is 11.7 Å². The van der Waals surface area contributed by atoms with E-state index in [4.69, 9.17) is 15.7 Å². The highest BCUT2D eigenvalue weighted by Crippen LogP contribution is 2.19. The second kappa shape index (κ2) is 5.66. The molecule has 1 atom stereocenters. The maximum Gasteiger partial charge on any atom is 0.229 e. The number of nitrogens with zero attached hydrogens (tertiary/aromatic N) is 1. The average molecular weight is 267 g/mol. The van der Waals surface area contributed by atoms with Crippen LogP contribution in [0.15, 0.2) is 23.4 Å². The Labute approximate surface area is 109 Å². The van der Waals surface area contributed by atoms with Crippen molar-refractivity contribution in [2.45, 2.75) is 6.42 Å². The van der Waals surface area contributed by atoms with E-state index in [1.807, 2.05) is 0 Å². The largest absolute Gasteiger partial charge is 0.409 e. The molecule has 1 fully saturated rings. The molecule has 0 spiro atoms. The summed E-state index contributed by atoms with van der Waals surface area (Å²) in [5, 5.41) is 13.8. The maximum absolute atomic E-state index is 13.8. The minimum absolute atomic E-state index is 0.0615. The lowest BCUT2D eigenvalue weighted by atomic mass is 10.1. The van der Waals surface area contributed by atoms with Gasteiger partial charge in [0.2, 0.25) is 5.91 Å². The summed E-state index contributed by atoms with van der Waals surface area (Å²) in [5.41, 5.74) is 5.64. The number of carbonyl (C=O) groups excluding carboxylic acids is 1. The Balaban J connectivity index is 2.10. The zero-order valence-corrected chi connectivity index (χ0v) is 10.1. The molecule has 1 heterocycles. The number of benzene rings is 1. The van der Waals surface area contributed by atoms with E-state index in [0.29, 0.717) is 19.6 Å². The number of nitrogens with one attached hydrogen (secondary N) is 1. The van der Waals surface area contributed by atoms with Gasteiger partial charge in [-0.15, -0.1) is 0 Å². The van der Waals surface area contributed by atoms with Crippen molar-refractivity contribution in [1.29, 1.82) is 0 Å². The molecule has 19 heavy (non-hydrogen) atoms. The number of anilines is 1. The van der Waals surface area contributed by atoms with E-state index < -0.39 is 5.82 Å². The van der Waals surface area contributed by atoms with Crippen molar-refractivity contribution in [2.75, 3.05) is 18.5 Å². The van der Waals surface area contributed by atoms with Crippen molar-refractivity contribution in [2.24, 2.45) is 16.8 Å². The molecule has 0 radical (unpaired) electrons. The Hall–Kier alpha value is -2.15. The topological polar surface area (TPSA) is 96.9 Å². The zero-order valence-electron chi connectivity index (χ0n) is 10.1. The molecule has 1 amide bonds. The number of hydrogen-bond acceptors (Lipinski definition) is 4. The highest BCUT2D eigenvalue weighted by molar-refractivity contribution is 5.98. The zero-order chi connectivity index (χ0) is 13.8. The first-order valence-electron chi connectivity index (χ1n) is 5.78. The molecule has 1 saturated heterocycles. The summed E-state index contributed by atoms with van der Waals surface area (Å²) in [6.07, 6.45) is 0.635. The molecule has 1 aromatic carbocycles. The normalized spacial score (nSPS) is 19.4. The van der Waals surface area contributed by atoms with Gasteiger partial charge in [0, 0.05) is 12.2 Å². The first-order chi connectivity index (χ1) is 9.11. The third-order valence-corrected chi connectivity index (χ3v) is 2.93. The van der Waals surface area contributed by atoms with Crippen LogP contribution in [0.4, 0.5) is 10.1 Å². The van der Waals surface area contributed by atoms with Crippen LogP contribution in [-0.4, -0.2) is 30.2 Å². The maximum atomic E-state index is 13.8. The van der Waals surface area contributed by atoms with Gasteiger partial charge in [-0.2, -0.15) is 0 Å². The number of carbonyl (C=O) groups is 1. The summed E-state index contributed by atoms with van der Waals surface area (Å²) < 4.78 is 18.9. The van der Waals surface area contributed by atoms with Gasteiger partial charge >= 0.3 is 0 Å². The van der Waals surface area contributed by atoms with Gasteiger partial charge in [-0.1, -0.05) is 5.16 Å². The standard InChI is InChI=1S/C12H14FN3O3/c13-9-5-7(11(14)16-18)1-2-10(9)15-12(17)8-3-4-19-6-8/h1-2,5,8,18H,3-4,6H2,(H2,14,16)(H,15,17). The molecule has 1 aliphatic heterocycles. The van der Waals surface area contributed by atoms with Crippen molar-refractivity contribution < 1.29 is 19.1 Å². The molecule has 0 saturated carbocycles. The van der Waals surface area contributed by atoms with Gasteiger partial charge in [-0.25, -0.2) is 4.39 Å². The molecule has 4 N–H and O–H groups in total. The first-order valence-corrected chi connectivity index (χ1v) is 5.78. The van der Waals surface area contributed by atoms with Crippen molar-refractivity contribution in [3.63, 3.8) is 0 Å². The lowest BCUT2D eigenvalue weighted by Crippen LogP contribution is -2.23. The van der Waals surface area contributed by atoms with Gasteiger partial charge in [-0.3, -0.25) is 4.79 Å². The number of halogens is 1. The third-order valence-electron chi connectivity index (χ3n) is 2.93. The van der Waals surface area contributed by atoms with Crippen molar-refractivity contribution in [1.82, 2.24) is 0 Å². The summed E-state index contributed by atoms with van der Waals surface area (Å²) in [5.74, 6) is -1.35. The molecular weight excluding hydrogens is 253 g/mol. The van der Waals surface area contributed by atoms with Gasteiger partial charge in [0.1, 0.15) is 5.82 Å². The molecule has 0 bridgehead atoms. The van der Waals surface area contributed by atoms with Crippen LogP contribution in [0.5, 0.6) is 0 Å². The monoisotopic (exact) mass is 267 g/mol. The van der Waals surface area contributed by atoms with Crippen LogP contribution in [0.2, 0.25) is 0 Å².